The average molecular weight is 555 g/mol. The lowest BCUT2D eigenvalue weighted by atomic mass is 10.00. The van der Waals surface area contributed by atoms with Crippen LogP contribution in [0.5, 0.6) is 11.5 Å². The fraction of sp³-hybridized carbons (Fsp3) is 0.357. The molecule has 0 bridgehead atoms. The van der Waals surface area contributed by atoms with E-state index in [-0.39, 0.29) is 18.7 Å². The van der Waals surface area contributed by atoms with Gasteiger partial charge in [0.2, 0.25) is 17.7 Å². The molecule has 206 valence electrons. The Morgan fingerprint density at radius 1 is 1.03 bits per heavy atom. The maximum atomic E-state index is 13.9. The highest BCUT2D eigenvalue weighted by molar-refractivity contribution is 6.31. The van der Waals surface area contributed by atoms with Gasteiger partial charge in [0, 0.05) is 46.8 Å². The van der Waals surface area contributed by atoms with Gasteiger partial charge in [-0.05, 0) is 45.9 Å². The Hall–Kier alpha value is -4.05. The molecular formula is C28H31ClN4O6. The topological polar surface area (TPSA) is 123 Å². The zero-order valence-corrected chi connectivity index (χ0v) is 23.0. The summed E-state index contributed by atoms with van der Waals surface area (Å²) in [5, 5.41) is 9.64. The summed E-state index contributed by atoms with van der Waals surface area (Å²) in [6, 6.07) is 12.3. The van der Waals surface area contributed by atoms with Gasteiger partial charge in [-0.1, -0.05) is 35.0 Å². The summed E-state index contributed by atoms with van der Waals surface area (Å²) in [5.41, 5.74) is 0.241. The second-order valence-electron chi connectivity index (χ2n) is 10.1. The molecule has 1 atom stereocenters. The molecule has 0 saturated heterocycles. The first-order valence-electron chi connectivity index (χ1n) is 12.5. The number of carbonyl (C=O) groups excluding carboxylic acids is 3. The Morgan fingerprint density at radius 2 is 1.74 bits per heavy atom. The summed E-state index contributed by atoms with van der Waals surface area (Å²) in [6.45, 7) is 8.01. The van der Waals surface area contributed by atoms with Crippen LogP contribution in [0.2, 0.25) is 5.02 Å². The molecule has 0 radical (unpaired) electrons. The second kappa shape index (κ2) is 11.8. The van der Waals surface area contributed by atoms with E-state index in [1.165, 1.54) is 4.90 Å². The van der Waals surface area contributed by atoms with Crippen LogP contribution in [0.1, 0.15) is 51.0 Å². The molecule has 0 saturated carbocycles. The van der Waals surface area contributed by atoms with Crippen molar-refractivity contribution < 1.29 is 28.4 Å². The Balaban J connectivity index is 1.71. The number of carbonyl (C=O) groups is 3. The first-order chi connectivity index (χ1) is 18.5. The van der Waals surface area contributed by atoms with E-state index in [1.807, 2.05) is 20.8 Å². The van der Waals surface area contributed by atoms with Gasteiger partial charge in [0.05, 0.1) is 0 Å². The number of aromatic nitrogens is 1. The minimum Gasteiger partial charge on any atom is -0.486 e. The maximum absolute atomic E-state index is 13.9. The number of nitrogens with zero attached hydrogens (tertiary/aromatic N) is 2. The number of fused-ring (bicyclic) bond motifs is 1. The highest BCUT2D eigenvalue weighted by atomic mass is 35.5. The van der Waals surface area contributed by atoms with Crippen molar-refractivity contribution in [2.75, 3.05) is 23.4 Å². The molecule has 3 amide bonds. The SMILES string of the molecule is Cc1cc(NC(=O)CCC(=O)N(c2ccc3c(c2)OCCO3)C(C(=O)NC(C)(C)C)c2ccccc2Cl)no1. The zero-order chi connectivity index (χ0) is 28.2. The van der Waals surface area contributed by atoms with Crippen molar-refractivity contribution in [3.05, 3.63) is 64.9 Å². The van der Waals surface area contributed by atoms with Crippen molar-refractivity contribution in [1.82, 2.24) is 10.5 Å². The van der Waals surface area contributed by atoms with Crippen LogP contribution in [0.25, 0.3) is 0 Å². The fourth-order valence-electron chi connectivity index (χ4n) is 4.12. The van der Waals surface area contributed by atoms with E-state index in [0.29, 0.717) is 46.7 Å². The molecule has 2 N–H and O–H groups in total. The zero-order valence-electron chi connectivity index (χ0n) is 22.2. The number of amides is 3. The molecule has 1 aliphatic heterocycles. The molecule has 11 heteroatoms. The van der Waals surface area contributed by atoms with E-state index in [9.17, 15) is 14.4 Å². The minimum atomic E-state index is -1.13. The van der Waals surface area contributed by atoms with Crippen LogP contribution in [-0.4, -0.2) is 41.6 Å². The molecular weight excluding hydrogens is 524 g/mol. The van der Waals surface area contributed by atoms with Gasteiger partial charge in [-0.3, -0.25) is 19.3 Å². The van der Waals surface area contributed by atoms with Crippen LogP contribution < -0.4 is 25.0 Å². The standard InChI is InChI=1S/C28H31ClN4O6/c1-17-15-23(32-39-17)30-24(34)11-12-25(35)33(18-9-10-21-22(16-18)38-14-13-37-21)26(27(36)31-28(2,3)4)19-7-5-6-8-20(19)29/h5-10,15-16,26H,11-14H2,1-4H3,(H,31,36)(H,30,32,34). The molecule has 1 unspecified atom stereocenters. The monoisotopic (exact) mass is 554 g/mol. The first kappa shape index (κ1) is 28.0. The predicted octanol–water partition coefficient (Wildman–Crippen LogP) is 4.82. The third kappa shape index (κ3) is 7.08. The summed E-state index contributed by atoms with van der Waals surface area (Å²) < 4.78 is 16.4. The normalized spacial score (nSPS) is 13.4. The van der Waals surface area contributed by atoms with Crippen molar-refractivity contribution in [2.45, 2.75) is 52.1 Å². The van der Waals surface area contributed by atoms with Crippen LogP contribution >= 0.6 is 11.6 Å². The van der Waals surface area contributed by atoms with Gasteiger partial charge in [0.25, 0.3) is 0 Å². The number of hydrogen-bond donors (Lipinski definition) is 2. The van der Waals surface area contributed by atoms with Crippen molar-refractivity contribution in [2.24, 2.45) is 0 Å². The average Bonchev–Trinajstić information content (AvgIpc) is 3.29. The summed E-state index contributed by atoms with van der Waals surface area (Å²) in [5.74, 6) is 0.462. The molecule has 2 aromatic carbocycles. The number of nitrogens with one attached hydrogen (secondary N) is 2. The van der Waals surface area contributed by atoms with Crippen LogP contribution in [-0.2, 0) is 14.4 Å². The lowest BCUT2D eigenvalue weighted by molar-refractivity contribution is -0.128. The second-order valence-corrected chi connectivity index (χ2v) is 10.5. The van der Waals surface area contributed by atoms with Crippen molar-refractivity contribution >= 4 is 40.8 Å². The Kier molecular flexibility index (Phi) is 8.44. The fourth-order valence-corrected chi connectivity index (χ4v) is 4.36. The number of rotatable bonds is 8. The lowest BCUT2D eigenvalue weighted by Crippen LogP contribution is -2.49. The van der Waals surface area contributed by atoms with Crippen molar-refractivity contribution in [1.29, 1.82) is 0 Å². The largest absolute Gasteiger partial charge is 0.486 e. The molecule has 1 aromatic heterocycles. The summed E-state index contributed by atoms with van der Waals surface area (Å²) in [4.78, 5) is 41.6. The van der Waals surface area contributed by atoms with Gasteiger partial charge >= 0.3 is 0 Å². The number of anilines is 2. The smallest absolute Gasteiger partial charge is 0.248 e. The molecule has 1 aliphatic rings. The molecule has 0 aliphatic carbocycles. The van der Waals surface area contributed by atoms with E-state index in [0.717, 1.165) is 0 Å². The van der Waals surface area contributed by atoms with Crippen LogP contribution in [0.15, 0.2) is 53.1 Å². The van der Waals surface area contributed by atoms with Gasteiger partial charge < -0.3 is 24.6 Å². The number of benzene rings is 2. The maximum Gasteiger partial charge on any atom is 0.248 e. The number of halogens is 1. The molecule has 0 spiro atoms. The predicted molar refractivity (Wildman–Crippen MR) is 146 cm³/mol. The molecule has 0 fully saturated rings. The van der Waals surface area contributed by atoms with Gasteiger partial charge in [-0.25, -0.2) is 0 Å². The van der Waals surface area contributed by atoms with Crippen LogP contribution in [0.4, 0.5) is 11.5 Å². The third-order valence-electron chi connectivity index (χ3n) is 5.74. The molecule has 10 nitrogen and oxygen atoms in total. The molecule has 3 aromatic rings. The number of aryl methyl sites for hydroxylation is 1. The Labute approximate surface area is 231 Å². The van der Waals surface area contributed by atoms with E-state index >= 15 is 0 Å². The van der Waals surface area contributed by atoms with Crippen molar-refractivity contribution in [3.63, 3.8) is 0 Å². The lowest BCUT2D eigenvalue weighted by Gasteiger charge is -2.34. The summed E-state index contributed by atoms with van der Waals surface area (Å²) in [7, 11) is 0. The van der Waals surface area contributed by atoms with Crippen LogP contribution in [0.3, 0.4) is 0 Å². The number of hydrogen-bond acceptors (Lipinski definition) is 7. The number of ether oxygens (including phenoxy) is 2. The van der Waals surface area contributed by atoms with Gasteiger partial charge in [-0.15, -0.1) is 0 Å². The summed E-state index contributed by atoms with van der Waals surface area (Å²) in [6.07, 6.45) is -0.344. The van der Waals surface area contributed by atoms with E-state index < -0.39 is 29.3 Å². The van der Waals surface area contributed by atoms with Gasteiger partial charge in [-0.2, -0.15) is 0 Å². The minimum absolute atomic E-state index is 0.151. The van der Waals surface area contributed by atoms with Crippen LogP contribution in [0, 0.1) is 6.92 Å². The highest BCUT2D eigenvalue weighted by Crippen LogP contribution is 2.39. The van der Waals surface area contributed by atoms with E-state index in [4.69, 9.17) is 25.6 Å². The third-order valence-corrected chi connectivity index (χ3v) is 6.08. The first-order valence-corrected chi connectivity index (χ1v) is 12.9. The Morgan fingerprint density at radius 3 is 2.41 bits per heavy atom. The van der Waals surface area contributed by atoms with E-state index in [2.05, 4.69) is 15.8 Å². The van der Waals surface area contributed by atoms with Gasteiger partial charge in [0.15, 0.2) is 17.3 Å². The molecule has 2 heterocycles. The van der Waals surface area contributed by atoms with E-state index in [1.54, 1.807) is 55.5 Å². The van der Waals surface area contributed by atoms with Crippen molar-refractivity contribution in [3.8, 4) is 11.5 Å². The highest BCUT2D eigenvalue weighted by Gasteiger charge is 2.36. The van der Waals surface area contributed by atoms with Gasteiger partial charge in [0.1, 0.15) is 25.0 Å². The molecule has 39 heavy (non-hydrogen) atoms. The quantitative estimate of drug-likeness (QED) is 0.409. The molecule has 4 rings (SSSR count). The summed E-state index contributed by atoms with van der Waals surface area (Å²) >= 11 is 6.56. The Bertz CT molecular complexity index is 1370.